The van der Waals surface area contributed by atoms with Gasteiger partial charge in [0.2, 0.25) is 0 Å². The van der Waals surface area contributed by atoms with Gasteiger partial charge in [0.1, 0.15) is 8.07 Å². The maximum atomic E-state index is 2.57. The maximum Gasteiger partial charge on any atom is 0.113 e. The molecule has 0 spiro atoms. The number of aryl methyl sites for hydroxylation is 2. The van der Waals surface area contributed by atoms with Gasteiger partial charge in [-0.15, -0.1) is 0 Å². The van der Waals surface area contributed by atoms with Crippen LogP contribution in [0.1, 0.15) is 11.1 Å². The predicted octanol–water partition coefficient (Wildman–Crippen LogP) is 8.75. The molecule has 0 saturated carbocycles. The Kier molecular flexibility index (Phi) is 4.83. The molecule has 0 aromatic heterocycles. The van der Waals surface area contributed by atoms with Gasteiger partial charge in [-0.3, -0.25) is 0 Å². The molecule has 0 saturated heterocycles. The average molecular weight is 491 g/mol. The first kappa shape index (κ1) is 22.3. The monoisotopic (exact) mass is 490 g/mol. The van der Waals surface area contributed by atoms with Gasteiger partial charge in [0.15, 0.2) is 0 Å². The van der Waals surface area contributed by atoms with Crippen LogP contribution in [-0.2, 0) is 0 Å². The van der Waals surface area contributed by atoms with E-state index in [0.29, 0.717) is 0 Å². The van der Waals surface area contributed by atoms with Crippen LogP contribution >= 0.6 is 0 Å². The summed E-state index contributed by atoms with van der Waals surface area (Å²) in [6.07, 6.45) is 0. The fraction of sp³-hybridized carbons (Fsp3) is 0.111. The average Bonchev–Trinajstić information content (AvgIpc) is 3.12. The topological polar surface area (TPSA) is 0 Å². The van der Waals surface area contributed by atoms with Crippen LogP contribution in [0.4, 0.5) is 0 Å². The van der Waals surface area contributed by atoms with Crippen LogP contribution < -0.4 is 10.4 Å². The zero-order chi connectivity index (χ0) is 25.3. The first-order valence-electron chi connectivity index (χ1n) is 13.2. The van der Waals surface area contributed by atoms with Gasteiger partial charge in [-0.2, -0.15) is 0 Å². The van der Waals surface area contributed by atoms with Gasteiger partial charge in [0.25, 0.3) is 0 Å². The molecule has 0 N–H and O–H groups in total. The Morgan fingerprint density at radius 2 is 0.973 bits per heavy atom. The first-order chi connectivity index (χ1) is 17.9. The Morgan fingerprint density at radius 3 is 1.57 bits per heavy atom. The highest BCUT2D eigenvalue weighted by atomic mass is 28.3. The molecule has 178 valence electrons. The Balaban J connectivity index is 1.72. The SMILES string of the molecule is Cc1cccc(-c2c3ccccc3c(-c3cccc(C)c3)c3cc4c(cc23)-c2ccccc2[Si]4(C)C)c1. The van der Waals surface area contributed by atoms with Crippen molar-refractivity contribution < 1.29 is 0 Å². The third kappa shape index (κ3) is 3.27. The Hall–Kier alpha value is -3.94. The largest absolute Gasteiger partial charge is 0.113 e. The van der Waals surface area contributed by atoms with Crippen molar-refractivity contribution >= 4 is 40.0 Å². The molecule has 37 heavy (non-hydrogen) atoms. The van der Waals surface area contributed by atoms with Crippen molar-refractivity contribution in [1.82, 2.24) is 0 Å². The van der Waals surface area contributed by atoms with Crippen molar-refractivity contribution in [2.24, 2.45) is 0 Å². The van der Waals surface area contributed by atoms with E-state index in [-0.39, 0.29) is 0 Å². The lowest BCUT2D eigenvalue weighted by Crippen LogP contribution is -2.49. The molecule has 0 atom stereocenters. The van der Waals surface area contributed by atoms with Crippen molar-refractivity contribution in [2.75, 3.05) is 0 Å². The van der Waals surface area contributed by atoms with Crippen LogP contribution in [-0.4, -0.2) is 8.07 Å². The van der Waals surface area contributed by atoms with E-state index in [4.69, 9.17) is 0 Å². The molecule has 6 aromatic rings. The molecule has 7 rings (SSSR count). The molecule has 6 aromatic carbocycles. The van der Waals surface area contributed by atoms with Gasteiger partial charge in [0, 0.05) is 0 Å². The van der Waals surface area contributed by atoms with E-state index in [1.165, 1.54) is 66.1 Å². The smallest absolute Gasteiger partial charge is 0.0623 e. The minimum absolute atomic E-state index is 1.29. The molecule has 1 heteroatoms. The minimum Gasteiger partial charge on any atom is -0.0623 e. The minimum atomic E-state index is -1.81. The van der Waals surface area contributed by atoms with E-state index in [9.17, 15) is 0 Å². The molecule has 0 radical (unpaired) electrons. The molecular weight excluding hydrogens is 460 g/mol. The molecule has 1 aliphatic rings. The second-order valence-electron chi connectivity index (χ2n) is 11.1. The zero-order valence-corrected chi connectivity index (χ0v) is 22.9. The van der Waals surface area contributed by atoms with Crippen molar-refractivity contribution in [3.63, 3.8) is 0 Å². The zero-order valence-electron chi connectivity index (χ0n) is 21.9. The van der Waals surface area contributed by atoms with E-state index >= 15 is 0 Å². The van der Waals surface area contributed by atoms with E-state index in [1.807, 2.05) is 0 Å². The summed E-state index contributed by atoms with van der Waals surface area (Å²) in [7, 11) is -1.81. The summed E-state index contributed by atoms with van der Waals surface area (Å²) >= 11 is 0. The summed E-state index contributed by atoms with van der Waals surface area (Å²) in [6, 6.07) is 41.2. The summed E-state index contributed by atoms with van der Waals surface area (Å²) in [5, 5.41) is 8.47. The lowest BCUT2D eigenvalue weighted by Gasteiger charge is -2.22. The highest BCUT2D eigenvalue weighted by molar-refractivity contribution is 7.04. The van der Waals surface area contributed by atoms with Crippen molar-refractivity contribution in [3.8, 4) is 33.4 Å². The fourth-order valence-electron chi connectivity index (χ4n) is 6.59. The standard InChI is InChI=1S/C36H30Si/c1-23-11-9-13-25(19-23)35-28-16-5-6-17-29(28)36(26-14-10-12-24(2)20-26)32-22-34-30(21-31(32)35)27-15-7-8-18-33(27)37(34,3)4/h5-22H,1-4H3. The Bertz CT molecular complexity index is 1870. The van der Waals surface area contributed by atoms with Crippen LogP contribution in [0.2, 0.25) is 13.1 Å². The molecule has 0 amide bonds. The second kappa shape index (κ2) is 8.03. The number of rotatable bonds is 2. The van der Waals surface area contributed by atoms with Gasteiger partial charge >= 0.3 is 0 Å². The quantitative estimate of drug-likeness (QED) is 0.168. The van der Waals surface area contributed by atoms with Crippen LogP contribution in [0, 0.1) is 13.8 Å². The normalized spacial score (nSPS) is 13.6. The number of fused-ring (bicyclic) bond motifs is 5. The highest BCUT2D eigenvalue weighted by Crippen LogP contribution is 2.45. The molecular formula is C36H30Si. The van der Waals surface area contributed by atoms with E-state index in [1.54, 1.807) is 10.4 Å². The van der Waals surface area contributed by atoms with Crippen LogP contribution in [0.3, 0.4) is 0 Å². The van der Waals surface area contributed by atoms with Crippen LogP contribution in [0.15, 0.2) is 109 Å². The Morgan fingerprint density at radius 1 is 0.432 bits per heavy atom. The number of hydrogen-bond acceptors (Lipinski definition) is 0. The molecule has 0 bridgehead atoms. The molecule has 0 aliphatic carbocycles. The molecule has 0 nitrogen and oxygen atoms in total. The first-order valence-corrected chi connectivity index (χ1v) is 16.2. The van der Waals surface area contributed by atoms with Gasteiger partial charge < -0.3 is 0 Å². The lowest BCUT2D eigenvalue weighted by molar-refractivity contribution is 1.47. The van der Waals surface area contributed by atoms with Crippen molar-refractivity contribution in [1.29, 1.82) is 0 Å². The molecule has 0 unspecified atom stereocenters. The van der Waals surface area contributed by atoms with Gasteiger partial charge in [-0.1, -0.05) is 127 Å². The fourth-order valence-corrected chi connectivity index (χ4v) is 9.67. The maximum absolute atomic E-state index is 2.57. The van der Waals surface area contributed by atoms with Crippen molar-refractivity contribution in [2.45, 2.75) is 26.9 Å². The van der Waals surface area contributed by atoms with E-state index in [2.05, 4.69) is 136 Å². The Labute approximate surface area is 220 Å². The molecule has 1 aliphatic heterocycles. The third-order valence-corrected chi connectivity index (χ3v) is 11.9. The molecule has 0 fully saturated rings. The van der Waals surface area contributed by atoms with Gasteiger partial charge in [0.05, 0.1) is 0 Å². The summed E-state index contributed by atoms with van der Waals surface area (Å²) < 4.78 is 0. The predicted molar refractivity (Wildman–Crippen MR) is 164 cm³/mol. The summed E-state index contributed by atoms with van der Waals surface area (Å²) in [5.74, 6) is 0. The number of hydrogen-bond donors (Lipinski definition) is 0. The van der Waals surface area contributed by atoms with Gasteiger partial charge in [-0.25, -0.2) is 0 Å². The van der Waals surface area contributed by atoms with Crippen molar-refractivity contribution in [3.05, 3.63) is 120 Å². The van der Waals surface area contributed by atoms with E-state index in [0.717, 1.165) is 0 Å². The molecule has 1 heterocycles. The lowest BCUT2D eigenvalue weighted by atomic mass is 9.84. The van der Waals surface area contributed by atoms with Crippen LogP contribution in [0.5, 0.6) is 0 Å². The third-order valence-electron chi connectivity index (χ3n) is 8.34. The highest BCUT2D eigenvalue weighted by Gasteiger charge is 2.38. The van der Waals surface area contributed by atoms with Crippen LogP contribution in [0.25, 0.3) is 54.9 Å². The summed E-state index contributed by atoms with van der Waals surface area (Å²) in [6.45, 7) is 9.41. The van der Waals surface area contributed by atoms with E-state index < -0.39 is 8.07 Å². The summed E-state index contributed by atoms with van der Waals surface area (Å²) in [5.41, 5.74) is 10.7. The summed E-state index contributed by atoms with van der Waals surface area (Å²) in [4.78, 5) is 0. The second-order valence-corrected chi connectivity index (χ2v) is 15.5. The number of benzene rings is 6. The van der Waals surface area contributed by atoms with Gasteiger partial charge in [-0.05, 0) is 85.2 Å².